The van der Waals surface area contributed by atoms with Gasteiger partial charge in [0.25, 0.3) is 0 Å². The number of pyridine rings is 1. The number of amides is 1. The van der Waals surface area contributed by atoms with Gasteiger partial charge in [-0.15, -0.1) is 24.8 Å². The van der Waals surface area contributed by atoms with E-state index >= 15 is 0 Å². The van der Waals surface area contributed by atoms with Crippen LogP contribution in [0.4, 0.5) is 0 Å². The van der Waals surface area contributed by atoms with Crippen molar-refractivity contribution in [2.45, 2.75) is 26.3 Å². The number of carbonyl (C=O) groups excluding carboxylic acids is 1. The Morgan fingerprint density at radius 2 is 1.84 bits per heavy atom. The summed E-state index contributed by atoms with van der Waals surface area (Å²) in [7, 11) is 1.80. The summed E-state index contributed by atoms with van der Waals surface area (Å²) >= 11 is 0. The van der Waals surface area contributed by atoms with E-state index in [1.54, 1.807) is 24.3 Å². The quantitative estimate of drug-likeness (QED) is 0.904. The van der Waals surface area contributed by atoms with E-state index in [0.717, 1.165) is 6.42 Å². The Morgan fingerprint density at radius 1 is 1.32 bits per heavy atom. The number of aromatic nitrogens is 1. The molecule has 0 fully saturated rings. The summed E-state index contributed by atoms with van der Waals surface area (Å²) in [6, 6.07) is 3.51. The van der Waals surface area contributed by atoms with E-state index in [9.17, 15) is 4.79 Å². The van der Waals surface area contributed by atoms with Gasteiger partial charge in [-0.25, -0.2) is 0 Å². The average molecular weight is 308 g/mol. The second-order valence-electron chi connectivity index (χ2n) is 4.64. The molecule has 1 amide bonds. The first-order chi connectivity index (χ1) is 8.02. The third-order valence-electron chi connectivity index (χ3n) is 2.86. The van der Waals surface area contributed by atoms with Gasteiger partial charge in [0.15, 0.2) is 0 Å². The van der Waals surface area contributed by atoms with Gasteiger partial charge in [0, 0.05) is 26.0 Å². The average Bonchev–Trinajstić information content (AvgIpc) is 2.35. The highest BCUT2D eigenvalue weighted by atomic mass is 35.5. The molecule has 1 aromatic rings. The Kier molecular flexibility index (Phi) is 10.8. The maximum atomic E-state index is 11.9. The van der Waals surface area contributed by atoms with Crippen LogP contribution in [0.3, 0.4) is 0 Å². The van der Waals surface area contributed by atoms with Crippen LogP contribution in [-0.4, -0.2) is 35.4 Å². The molecule has 2 N–H and O–H groups in total. The van der Waals surface area contributed by atoms with Crippen molar-refractivity contribution in [1.29, 1.82) is 0 Å². The summed E-state index contributed by atoms with van der Waals surface area (Å²) in [6.07, 6.45) is 4.35. The fourth-order valence-electron chi connectivity index (χ4n) is 1.50. The molecule has 1 aromatic heterocycles. The molecule has 1 heterocycles. The van der Waals surface area contributed by atoms with Crippen molar-refractivity contribution >= 4 is 30.7 Å². The molecule has 0 saturated heterocycles. The molecule has 0 spiro atoms. The van der Waals surface area contributed by atoms with Crippen LogP contribution in [-0.2, 0) is 11.2 Å². The van der Waals surface area contributed by atoms with Crippen molar-refractivity contribution in [1.82, 2.24) is 9.88 Å². The highest BCUT2D eigenvalue weighted by Crippen LogP contribution is 2.04. The monoisotopic (exact) mass is 307 g/mol. The van der Waals surface area contributed by atoms with Gasteiger partial charge >= 0.3 is 0 Å². The third-order valence-corrected chi connectivity index (χ3v) is 2.86. The van der Waals surface area contributed by atoms with Crippen LogP contribution in [0.15, 0.2) is 24.5 Å². The molecule has 0 aliphatic carbocycles. The number of likely N-dealkylation sites (N-methyl/N-ethyl adjacent to an activating group) is 1. The maximum absolute atomic E-state index is 11.9. The Labute approximate surface area is 127 Å². The Morgan fingerprint density at radius 3 is 2.32 bits per heavy atom. The molecule has 0 bridgehead atoms. The molecule has 0 unspecified atom stereocenters. The number of hydrogen-bond acceptors (Lipinski definition) is 3. The van der Waals surface area contributed by atoms with Gasteiger partial charge in [0.05, 0.1) is 6.04 Å². The molecule has 0 aliphatic rings. The molecular weight excluding hydrogens is 285 g/mol. The zero-order valence-electron chi connectivity index (χ0n) is 11.6. The maximum Gasteiger partial charge on any atom is 0.239 e. The molecule has 110 valence electrons. The van der Waals surface area contributed by atoms with Crippen LogP contribution in [0.25, 0.3) is 0 Å². The number of nitrogens with two attached hydrogens (primary N) is 1. The molecule has 0 aliphatic heterocycles. The van der Waals surface area contributed by atoms with Gasteiger partial charge in [-0.1, -0.05) is 13.8 Å². The largest absolute Gasteiger partial charge is 0.344 e. The summed E-state index contributed by atoms with van der Waals surface area (Å²) in [5, 5.41) is 0. The normalized spacial score (nSPS) is 11.2. The highest BCUT2D eigenvalue weighted by molar-refractivity contribution is 5.85. The fraction of sp³-hybridized carbons (Fsp3) is 0.538. The topological polar surface area (TPSA) is 59.2 Å². The summed E-state index contributed by atoms with van der Waals surface area (Å²) in [6.45, 7) is 4.60. The van der Waals surface area contributed by atoms with Gasteiger partial charge in [0.1, 0.15) is 0 Å². The molecule has 1 rings (SSSR count). The molecule has 1 atom stereocenters. The number of rotatable bonds is 5. The summed E-state index contributed by atoms with van der Waals surface area (Å²) in [5.41, 5.74) is 7.01. The molecule has 0 aromatic carbocycles. The van der Waals surface area contributed by atoms with Crippen molar-refractivity contribution in [3.05, 3.63) is 30.1 Å². The lowest BCUT2D eigenvalue weighted by Gasteiger charge is -2.23. The van der Waals surface area contributed by atoms with Crippen LogP contribution in [0, 0.1) is 5.92 Å². The van der Waals surface area contributed by atoms with Crippen molar-refractivity contribution in [3.8, 4) is 0 Å². The van der Waals surface area contributed by atoms with E-state index < -0.39 is 6.04 Å². The van der Waals surface area contributed by atoms with Gasteiger partial charge in [-0.2, -0.15) is 0 Å². The number of nitrogens with zero attached hydrogens (tertiary/aromatic N) is 2. The predicted octanol–water partition coefficient (Wildman–Crippen LogP) is 1.91. The minimum atomic E-state index is -0.405. The Balaban J connectivity index is 0. The van der Waals surface area contributed by atoms with Crippen molar-refractivity contribution in [2.75, 3.05) is 13.6 Å². The summed E-state index contributed by atoms with van der Waals surface area (Å²) < 4.78 is 0. The lowest BCUT2D eigenvalue weighted by atomic mass is 10.0. The highest BCUT2D eigenvalue weighted by Gasteiger charge is 2.20. The third kappa shape index (κ3) is 6.76. The van der Waals surface area contributed by atoms with Crippen LogP contribution in [0.5, 0.6) is 0 Å². The summed E-state index contributed by atoms with van der Waals surface area (Å²) in [5.74, 6) is 0.180. The zero-order chi connectivity index (χ0) is 12.8. The van der Waals surface area contributed by atoms with E-state index in [4.69, 9.17) is 5.73 Å². The fourth-order valence-corrected chi connectivity index (χ4v) is 1.50. The second kappa shape index (κ2) is 10.0. The van der Waals surface area contributed by atoms with Gasteiger partial charge in [-0.3, -0.25) is 9.78 Å². The standard InChI is InChI=1S/C13H21N3O.2ClH/c1-10(2)12(14)13(17)16(3)9-6-11-4-7-15-8-5-11;;/h4-5,7-8,10,12H,6,9,14H2,1-3H3;2*1H/t12-;;/m1../s1. The van der Waals surface area contributed by atoms with Crippen molar-refractivity contribution in [2.24, 2.45) is 11.7 Å². The molecule has 0 radical (unpaired) electrons. The Hall–Kier alpha value is -0.840. The second-order valence-corrected chi connectivity index (χ2v) is 4.64. The van der Waals surface area contributed by atoms with E-state index in [-0.39, 0.29) is 36.6 Å². The zero-order valence-corrected chi connectivity index (χ0v) is 13.2. The minimum Gasteiger partial charge on any atom is -0.344 e. The Bertz CT molecular complexity index is 360. The van der Waals surface area contributed by atoms with Crippen molar-refractivity contribution < 1.29 is 4.79 Å². The van der Waals surface area contributed by atoms with E-state index in [1.807, 2.05) is 26.0 Å². The van der Waals surface area contributed by atoms with Gasteiger partial charge in [-0.05, 0) is 30.0 Å². The molecule has 0 saturated carbocycles. The van der Waals surface area contributed by atoms with Crippen LogP contribution >= 0.6 is 24.8 Å². The van der Waals surface area contributed by atoms with Crippen molar-refractivity contribution in [3.63, 3.8) is 0 Å². The number of hydrogen-bond donors (Lipinski definition) is 1. The minimum absolute atomic E-state index is 0. The van der Waals surface area contributed by atoms with Gasteiger partial charge in [0.2, 0.25) is 5.91 Å². The van der Waals surface area contributed by atoms with E-state index in [2.05, 4.69) is 4.98 Å². The first kappa shape index (κ1) is 20.5. The lowest BCUT2D eigenvalue weighted by molar-refractivity contribution is -0.132. The molecular formula is C13H23Cl2N3O. The first-order valence-electron chi connectivity index (χ1n) is 5.92. The molecule has 6 heteroatoms. The first-order valence-corrected chi connectivity index (χ1v) is 5.92. The van der Waals surface area contributed by atoms with Crippen LogP contribution in [0.1, 0.15) is 19.4 Å². The number of halogens is 2. The summed E-state index contributed by atoms with van der Waals surface area (Å²) in [4.78, 5) is 17.6. The number of carbonyl (C=O) groups is 1. The van der Waals surface area contributed by atoms with E-state index in [0.29, 0.717) is 6.54 Å². The molecule has 4 nitrogen and oxygen atoms in total. The smallest absolute Gasteiger partial charge is 0.239 e. The molecule has 19 heavy (non-hydrogen) atoms. The lowest BCUT2D eigenvalue weighted by Crippen LogP contribution is -2.45. The SMILES string of the molecule is CC(C)[C@@H](N)C(=O)N(C)CCc1ccncc1.Cl.Cl. The van der Waals surface area contributed by atoms with E-state index in [1.165, 1.54) is 5.56 Å². The van der Waals surface area contributed by atoms with Crippen LogP contribution < -0.4 is 5.73 Å². The predicted molar refractivity (Wildman–Crippen MR) is 82.9 cm³/mol. The van der Waals surface area contributed by atoms with Crippen LogP contribution in [0.2, 0.25) is 0 Å². The van der Waals surface area contributed by atoms with Gasteiger partial charge < -0.3 is 10.6 Å².